The molecule has 1 heterocycles. The lowest BCUT2D eigenvalue weighted by Gasteiger charge is -2.23. The molecule has 0 atom stereocenters. The summed E-state index contributed by atoms with van der Waals surface area (Å²) in [6.45, 7) is 6.68. The fourth-order valence-electron chi connectivity index (χ4n) is 2.69. The maximum Gasteiger partial charge on any atom is 0.271 e. The predicted molar refractivity (Wildman–Crippen MR) is 102 cm³/mol. The fraction of sp³-hybridized carbons (Fsp3) is 0.381. The van der Waals surface area contributed by atoms with Crippen LogP contribution in [0.4, 0.5) is 0 Å². The molecule has 2 rings (SSSR count). The molecule has 0 fully saturated rings. The lowest BCUT2D eigenvalue weighted by Crippen LogP contribution is -2.39. The molecule has 2 amide bonds. The quantitative estimate of drug-likeness (QED) is 0.418. The van der Waals surface area contributed by atoms with Crippen LogP contribution in [-0.4, -0.2) is 37.0 Å². The molecule has 0 saturated carbocycles. The number of nitrogens with zero attached hydrogens (tertiary/aromatic N) is 2. The average Bonchev–Trinajstić information content (AvgIpc) is 2.66. The van der Waals surface area contributed by atoms with Crippen molar-refractivity contribution in [2.24, 2.45) is 0 Å². The van der Waals surface area contributed by atoms with Crippen LogP contribution in [-0.2, 0) is 9.59 Å². The third-order valence-corrected chi connectivity index (χ3v) is 4.28. The number of imide groups is 1. The zero-order valence-electron chi connectivity index (χ0n) is 16.2. The van der Waals surface area contributed by atoms with Crippen molar-refractivity contribution < 1.29 is 19.1 Å². The average molecular weight is 368 g/mol. The number of hydrogen-bond acceptors (Lipinski definition) is 5. The Labute approximate surface area is 159 Å². The van der Waals surface area contributed by atoms with Gasteiger partial charge in [-0.15, -0.1) is 0 Å². The van der Waals surface area contributed by atoms with E-state index in [9.17, 15) is 14.9 Å². The Morgan fingerprint density at radius 3 is 2.52 bits per heavy atom. The molecule has 1 aliphatic rings. The molecule has 0 unspecified atom stereocenters. The van der Waals surface area contributed by atoms with Crippen LogP contribution in [0.15, 0.2) is 34.9 Å². The number of unbranched alkanes of at least 4 members (excludes halogenated alkanes) is 1. The standard InChI is InChI=1S/C21H24N2O4/c1-5-7-10-27-18-9-8-15(12-19(18)26-6-2)11-16-14(3)17(13-22)21(25)23(4)20(16)24/h8-9,11-12H,5-7,10H2,1-4H3/b16-11+. The maximum absolute atomic E-state index is 12.5. The Morgan fingerprint density at radius 1 is 1.15 bits per heavy atom. The summed E-state index contributed by atoms with van der Waals surface area (Å²) < 4.78 is 11.4. The fourth-order valence-corrected chi connectivity index (χ4v) is 2.69. The van der Waals surface area contributed by atoms with Gasteiger partial charge >= 0.3 is 0 Å². The molecule has 0 aromatic heterocycles. The van der Waals surface area contributed by atoms with Gasteiger partial charge < -0.3 is 9.47 Å². The van der Waals surface area contributed by atoms with Gasteiger partial charge in [0, 0.05) is 12.6 Å². The smallest absolute Gasteiger partial charge is 0.271 e. The topological polar surface area (TPSA) is 79.6 Å². The molecule has 1 aromatic carbocycles. The van der Waals surface area contributed by atoms with Gasteiger partial charge in [0.25, 0.3) is 11.8 Å². The van der Waals surface area contributed by atoms with Gasteiger partial charge in [0.1, 0.15) is 11.6 Å². The van der Waals surface area contributed by atoms with E-state index in [1.807, 2.05) is 19.1 Å². The van der Waals surface area contributed by atoms with Gasteiger partial charge in [-0.1, -0.05) is 19.4 Å². The van der Waals surface area contributed by atoms with Gasteiger partial charge in [0.05, 0.1) is 13.2 Å². The van der Waals surface area contributed by atoms with Gasteiger partial charge in [-0.25, -0.2) is 0 Å². The highest BCUT2D eigenvalue weighted by Gasteiger charge is 2.32. The molecule has 6 nitrogen and oxygen atoms in total. The van der Waals surface area contributed by atoms with Gasteiger partial charge in [-0.3, -0.25) is 14.5 Å². The summed E-state index contributed by atoms with van der Waals surface area (Å²) in [5.41, 5.74) is 1.40. The van der Waals surface area contributed by atoms with Crippen LogP contribution in [0.2, 0.25) is 0 Å². The molecule has 6 heteroatoms. The number of likely N-dealkylation sites (N-methyl/N-ethyl adjacent to an activating group) is 1. The molecule has 0 saturated heterocycles. The zero-order valence-corrected chi connectivity index (χ0v) is 16.2. The Kier molecular flexibility index (Phi) is 6.78. The number of carbonyl (C=O) groups is 2. The lowest BCUT2D eigenvalue weighted by atomic mass is 9.94. The third kappa shape index (κ3) is 4.37. The van der Waals surface area contributed by atoms with Crippen molar-refractivity contribution in [1.29, 1.82) is 5.26 Å². The molecule has 0 bridgehead atoms. The second-order valence-corrected chi connectivity index (χ2v) is 6.18. The highest BCUT2D eigenvalue weighted by atomic mass is 16.5. The van der Waals surface area contributed by atoms with Gasteiger partial charge in [-0.05, 0) is 49.6 Å². The van der Waals surface area contributed by atoms with Crippen molar-refractivity contribution in [3.63, 3.8) is 0 Å². The summed E-state index contributed by atoms with van der Waals surface area (Å²) in [6, 6.07) is 7.31. The first-order chi connectivity index (χ1) is 12.9. The minimum Gasteiger partial charge on any atom is -0.490 e. The second kappa shape index (κ2) is 9.04. The van der Waals surface area contributed by atoms with Crippen LogP contribution in [0.25, 0.3) is 6.08 Å². The van der Waals surface area contributed by atoms with E-state index in [1.165, 1.54) is 7.05 Å². The summed E-state index contributed by atoms with van der Waals surface area (Å²) >= 11 is 0. The minimum absolute atomic E-state index is 0.0205. The lowest BCUT2D eigenvalue weighted by molar-refractivity contribution is -0.138. The first-order valence-corrected chi connectivity index (χ1v) is 8.99. The van der Waals surface area contributed by atoms with E-state index < -0.39 is 11.8 Å². The molecule has 0 radical (unpaired) electrons. The van der Waals surface area contributed by atoms with E-state index in [2.05, 4.69) is 6.92 Å². The van der Waals surface area contributed by atoms with E-state index in [1.54, 1.807) is 25.1 Å². The highest BCUT2D eigenvalue weighted by molar-refractivity contribution is 6.19. The van der Waals surface area contributed by atoms with Crippen molar-refractivity contribution in [3.05, 3.63) is 40.5 Å². The molecular formula is C21H24N2O4. The number of benzene rings is 1. The predicted octanol–water partition coefficient (Wildman–Crippen LogP) is 3.49. The van der Waals surface area contributed by atoms with Crippen LogP contribution < -0.4 is 9.47 Å². The van der Waals surface area contributed by atoms with Crippen molar-refractivity contribution in [2.45, 2.75) is 33.6 Å². The van der Waals surface area contributed by atoms with E-state index >= 15 is 0 Å². The SMILES string of the molecule is CCCCOc1ccc(/C=C2/C(=O)N(C)C(=O)C(C#N)=C2C)cc1OCC. The molecule has 0 N–H and O–H groups in total. The maximum atomic E-state index is 12.5. The van der Waals surface area contributed by atoms with Crippen LogP contribution in [0.3, 0.4) is 0 Å². The summed E-state index contributed by atoms with van der Waals surface area (Å²) in [6.07, 6.45) is 3.65. The molecule has 27 heavy (non-hydrogen) atoms. The number of rotatable bonds is 7. The van der Waals surface area contributed by atoms with Crippen molar-refractivity contribution in [3.8, 4) is 17.6 Å². The minimum atomic E-state index is -0.577. The Morgan fingerprint density at radius 2 is 1.89 bits per heavy atom. The number of nitriles is 1. The van der Waals surface area contributed by atoms with Crippen LogP contribution >= 0.6 is 0 Å². The third-order valence-electron chi connectivity index (χ3n) is 4.28. The van der Waals surface area contributed by atoms with E-state index in [4.69, 9.17) is 9.47 Å². The number of amides is 2. The number of hydrogen-bond donors (Lipinski definition) is 0. The molecule has 0 spiro atoms. The first-order valence-electron chi connectivity index (χ1n) is 8.99. The Hall–Kier alpha value is -3.07. The summed E-state index contributed by atoms with van der Waals surface area (Å²) in [7, 11) is 1.37. The van der Waals surface area contributed by atoms with Gasteiger partial charge in [-0.2, -0.15) is 5.26 Å². The summed E-state index contributed by atoms with van der Waals surface area (Å²) in [5, 5.41) is 9.24. The van der Waals surface area contributed by atoms with E-state index in [-0.39, 0.29) is 5.57 Å². The van der Waals surface area contributed by atoms with Crippen molar-refractivity contribution >= 4 is 17.9 Å². The van der Waals surface area contributed by atoms with Gasteiger partial charge in [0.15, 0.2) is 11.5 Å². The van der Waals surface area contributed by atoms with Crippen LogP contribution in [0, 0.1) is 11.3 Å². The monoisotopic (exact) mass is 368 g/mol. The number of ether oxygens (including phenoxy) is 2. The zero-order chi connectivity index (χ0) is 20.0. The molecule has 142 valence electrons. The molecule has 0 aliphatic carbocycles. The second-order valence-electron chi connectivity index (χ2n) is 6.18. The van der Waals surface area contributed by atoms with Crippen molar-refractivity contribution in [2.75, 3.05) is 20.3 Å². The number of carbonyl (C=O) groups excluding carboxylic acids is 2. The molecular weight excluding hydrogens is 344 g/mol. The van der Waals surface area contributed by atoms with E-state index in [0.29, 0.717) is 35.9 Å². The van der Waals surface area contributed by atoms with Gasteiger partial charge in [0.2, 0.25) is 0 Å². The van der Waals surface area contributed by atoms with Crippen molar-refractivity contribution in [1.82, 2.24) is 4.90 Å². The largest absolute Gasteiger partial charge is 0.490 e. The molecule has 1 aliphatic heterocycles. The summed E-state index contributed by atoms with van der Waals surface area (Å²) in [4.78, 5) is 25.5. The van der Waals surface area contributed by atoms with Crippen LogP contribution in [0.1, 0.15) is 39.2 Å². The van der Waals surface area contributed by atoms with E-state index in [0.717, 1.165) is 23.3 Å². The first kappa shape index (κ1) is 20.2. The van der Waals surface area contributed by atoms with Crippen LogP contribution in [0.5, 0.6) is 11.5 Å². The normalized spacial score (nSPS) is 16.0. The summed E-state index contributed by atoms with van der Waals surface area (Å²) in [5.74, 6) is 0.238. The highest BCUT2D eigenvalue weighted by Crippen LogP contribution is 2.31. The Bertz CT molecular complexity index is 846. The Balaban J connectivity index is 2.44. The molecule has 1 aromatic rings.